The summed E-state index contributed by atoms with van der Waals surface area (Å²) in [6, 6.07) is 19.7. The molecule has 2 aromatic carbocycles. The highest BCUT2D eigenvalue weighted by atomic mass is 32.1. The quantitative estimate of drug-likeness (QED) is 0.297. The molecule has 1 unspecified atom stereocenters. The van der Waals surface area contributed by atoms with E-state index in [2.05, 4.69) is 11.9 Å². The van der Waals surface area contributed by atoms with Gasteiger partial charge in [0.2, 0.25) is 0 Å². The number of anilines is 1. The zero-order valence-electron chi connectivity index (χ0n) is 20.0. The molecule has 1 aliphatic heterocycles. The first kappa shape index (κ1) is 23.1. The van der Waals surface area contributed by atoms with Crippen molar-refractivity contribution in [3.8, 4) is 33.5 Å². The molecule has 0 saturated heterocycles. The predicted octanol–water partition coefficient (Wildman–Crippen LogP) is 6.07. The average Bonchev–Trinajstić information content (AvgIpc) is 3.27. The summed E-state index contributed by atoms with van der Waals surface area (Å²) in [5.41, 5.74) is 4.67. The van der Waals surface area contributed by atoms with Crippen molar-refractivity contribution >= 4 is 22.9 Å². The second-order valence-corrected chi connectivity index (χ2v) is 9.79. The number of thiazole rings is 1. The van der Waals surface area contributed by atoms with Gasteiger partial charge in [-0.3, -0.25) is 9.78 Å². The van der Waals surface area contributed by atoms with Gasteiger partial charge >= 0.3 is 0 Å². The summed E-state index contributed by atoms with van der Waals surface area (Å²) >= 11 is 1.62. The number of benzene rings is 2. The molecule has 5 rings (SSSR count). The Hall–Kier alpha value is -3.71. The van der Waals surface area contributed by atoms with Crippen LogP contribution in [0.5, 0.6) is 11.5 Å². The van der Waals surface area contributed by atoms with E-state index in [0.717, 1.165) is 38.3 Å². The molecule has 0 N–H and O–H groups in total. The fourth-order valence-electron chi connectivity index (χ4n) is 4.10. The van der Waals surface area contributed by atoms with Gasteiger partial charge in [-0.25, -0.2) is 4.98 Å². The van der Waals surface area contributed by atoms with Crippen LogP contribution in [0, 0.1) is 13.8 Å². The van der Waals surface area contributed by atoms with Crippen LogP contribution in [0.25, 0.3) is 22.0 Å². The number of ether oxygens (including phenoxy) is 2. The number of carbonyl (C=O) groups is 1. The third-order valence-electron chi connectivity index (χ3n) is 5.94. The summed E-state index contributed by atoms with van der Waals surface area (Å²) in [6.07, 6.45) is 1.95. The molecular weight excluding hydrogens is 458 g/mol. The molecule has 35 heavy (non-hydrogen) atoms. The van der Waals surface area contributed by atoms with Gasteiger partial charge in [0.25, 0.3) is 5.91 Å². The highest BCUT2D eigenvalue weighted by molar-refractivity contribution is 7.15. The average molecular weight is 486 g/mol. The molecule has 0 saturated carbocycles. The molecular formula is C28H27N3O3S. The van der Waals surface area contributed by atoms with Crippen LogP contribution in [-0.4, -0.2) is 35.1 Å². The van der Waals surface area contributed by atoms with E-state index in [0.29, 0.717) is 25.3 Å². The third-order valence-corrected chi connectivity index (χ3v) is 6.93. The number of aryl methyl sites for hydroxylation is 2. The number of nitrogens with zero attached hydrogens (tertiary/aromatic N) is 3. The Morgan fingerprint density at radius 1 is 1.09 bits per heavy atom. The second kappa shape index (κ2) is 9.88. The van der Waals surface area contributed by atoms with Gasteiger partial charge in [0.05, 0.1) is 23.7 Å². The lowest BCUT2D eigenvalue weighted by molar-refractivity contribution is -0.125. The molecule has 6 nitrogen and oxygen atoms in total. The number of hydrogen-bond donors (Lipinski definition) is 0. The second-order valence-electron chi connectivity index (χ2n) is 8.59. The van der Waals surface area contributed by atoms with Gasteiger partial charge in [0, 0.05) is 23.2 Å². The number of amides is 1. The van der Waals surface area contributed by atoms with Crippen molar-refractivity contribution in [1.29, 1.82) is 0 Å². The molecule has 1 amide bonds. The van der Waals surface area contributed by atoms with E-state index in [1.165, 1.54) is 5.56 Å². The Labute approximate surface area is 209 Å². The fraction of sp³-hybridized carbons (Fsp3) is 0.250. The van der Waals surface area contributed by atoms with Crippen LogP contribution >= 0.6 is 11.3 Å². The smallest absolute Gasteiger partial charge is 0.267 e. The summed E-state index contributed by atoms with van der Waals surface area (Å²) in [4.78, 5) is 25.2. The highest BCUT2D eigenvalue weighted by Crippen LogP contribution is 2.40. The summed E-state index contributed by atoms with van der Waals surface area (Å²) in [6.45, 7) is 6.97. The standard InChI is InChI=1S/C28H27N3O3S/c1-18-8-11-22(12-9-18)33-16-6-15-31-24-17-21(10-13-25(24)34-19(2)28(31)32)26-20(3)35-27(30-26)23-7-4-5-14-29-23/h4-5,7-14,17,19H,6,15-16H2,1-3H3. The molecule has 1 atom stereocenters. The maximum absolute atomic E-state index is 13.0. The van der Waals surface area contributed by atoms with Gasteiger partial charge in [-0.05, 0) is 69.7 Å². The lowest BCUT2D eigenvalue weighted by atomic mass is 10.1. The number of carbonyl (C=O) groups excluding carboxylic acids is 1. The molecule has 0 spiro atoms. The van der Waals surface area contributed by atoms with E-state index < -0.39 is 6.10 Å². The first-order chi connectivity index (χ1) is 17.0. The number of pyridine rings is 1. The molecule has 1 aliphatic rings. The Bertz CT molecular complexity index is 1340. The lowest BCUT2D eigenvalue weighted by Crippen LogP contribution is -2.45. The van der Waals surface area contributed by atoms with Crippen LogP contribution in [0.4, 0.5) is 5.69 Å². The first-order valence-electron chi connectivity index (χ1n) is 11.7. The Morgan fingerprint density at radius 3 is 2.69 bits per heavy atom. The van der Waals surface area contributed by atoms with Crippen molar-refractivity contribution in [1.82, 2.24) is 9.97 Å². The topological polar surface area (TPSA) is 64.5 Å². The van der Waals surface area contributed by atoms with E-state index in [4.69, 9.17) is 14.5 Å². The molecule has 3 heterocycles. The van der Waals surface area contributed by atoms with Gasteiger partial charge in [-0.2, -0.15) is 0 Å². The number of aromatic nitrogens is 2. The molecule has 0 bridgehead atoms. The Morgan fingerprint density at radius 2 is 1.91 bits per heavy atom. The van der Waals surface area contributed by atoms with E-state index in [9.17, 15) is 4.79 Å². The molecule has 7 heteroatoms. The lowest BCUT2D eigenvalue weighted by Gasteiger charge is -2.33. The summed E-state index contributed by atoms with van der Waals surface area (Å²) < 4.78 is 11.8. The van der Waals surface area contributed by atoms with Crippen molar-refractivity contribution in [2.24, 2.45) is 0 Å². The van der Waals surface area contributed by atoms with Gasteiger partial charge in [0.15, 0.2) is 6.10 Å². The predicted molar refractivity (Wildman–Crippen MR) is 139 cm³/mol. The maximum atomic E-state index is 13.0. The maximum Gasteiger partial charge on any atom is 0.267 e. The van der Waals surface area contributed by atoms with Gasteiger partial charge in [0.1, 0.15) is 16.5 Å². The van der Waals surface area contributed by atoms with E-state index in [1.807, 2.05) is 72.5 Å². The normalized spacial score (nSPS) is 15.0. The van der Waals surface area contributed by atoms with Crippen molar-refractivity contribution in [2.75, 3.05) is 18.1 Å². The molecule has 0 radical (unpaired) electrons. The van der Waals surface area contributed by atoms with Crippen molar-refractivity contribution in [2.45, 2.75) is 33.3 Å². The number of hydrogen-bond acceptors (Lipinski definition) is 6. The molecule has 4 aromatic rings. The summed E-state index contributed by atoms with van der Waals surface area (Å²) in [5, 5.41) is 0.877. The van der Waals surface area contributed by atoms with Gasteiger partial charge in [-0.15, -0.1) is 11.3 Å². The highest BCUT2D eigenvalue weighted by Gasteiger charge is 2.31. The van der Waals surface area contributed by atoms with Crippen molar-refractivity contribution < 1.29 is 14.3 Å². The van der Waals surface area contributed by atoms with E-state index >= 15 is 0 Å². The van der Waals surface area contributed by atoms with Gasteiger partial charge < -0.3 is 14.4 Å². The minimum Gasteiger partial charge on any atom is -0.494 e. The van der Waals surface area contributed by atoms with Crippen molar-refractivity contribution in [3.05, 3.63) is 77.3 Å². The Kier molecular flexibility index (Phi) is 6.51. The van der Waals surface area contributed by atoms with Crippen LogP contribution < -0.4 is 14.4 Å². The number of rotatable bonds is 7. The van der Waals surface area contributed by atoms with Crippen molar-refractivity contribution in [3.63, 3.8) is 0 Å². The molecule has 2 aromatic heterocycles. The van der Waals surface area contributed by atoms with E-state index in [-0.39, 0.29) is 5.91 Å². The fourth-order valence-corrected chi connectivity index (χ4v) is 5.01. The first-order valence-corrected chi connectivity index (χ1v) is 12.5. The SMILES string of the molecule is Cc1ccc(OCCCN2C(=O)C(C)Oc3ccc(-c4nc(-c5ccccn5)sc4C)cc32)cc1. The van der Waals surface area contributed by atoms with E-state index in [1.54, 1.807) is 24.5 Å². The van der Waals surface area contributed by atoms with Crippen LogP contribution in [-0.2, 0) is 4.79 Å². The number of fused-ring (bicyclic) bond motifs is 1. The minimum absolute atomic E-state index is 0.0471. The van der Waals surface area contributed by atoms with Crippen LogP contribution in [0.3, 0.4) is 0 Å². The largest absolute Gasteiger partial charge is 0.494 e. The van der Waals surface area contributed by atoms with Gasteiger partial charge in [-0.1, -0.05) is 23.8 Å². The summed E-state index contributed by atoms with van der Waals surface area (Å²) in [5.74, 6) is 1.50. The third kappa shape index (κ3) is 4.91. The summed E-state index contributed by atoms with van der Waals surface area (Å²) in [7, 11) is 0. The van der Waals surface area contributed by atoms with Crippen LogP contribution in [0.2, 0.25) is 0 Å². The minimum atomic E-state index is -0.525. The monoisotopic (exact) mass is 485 g/mol. The molecule has 178 valence electrons. The van der Waals surface area contributed by atoms with Crippen LogP contribution in [0.15, 0.2) is 66.9 Å². The Balaban J connectivity index is 1.36. The van der Waals surface area contributed by atoms with Crippen LogP contribution in [0.1, 0.15) is 23.8 Å². The zero-order chi connectivity index (χ0) is 24.4. The molecule has 0 fully saturated rings. The molecule has 0 aliphatic carbocycles. The zero-order valence-corrected chi connectivity index (χ0v) is 20.8.